The number of hydrogen-bond acceptors (Lipinski definition) is 7. The summed E-state index contributed by atoms with van der Waals surface area (Å²) in [6, 6.07) is 7.56. The van der Waals surface area contributed by atoms with E-state index in [1.807, 2.05) is 13.0 Å². The minimum absolute atomic E-state index is 0.139. The smallest absolute Gasteiger partial charge is 0.345 e. The Balaban J connectivity index is 2.25. The number of carbonyl (C=O) groups excluding carboxylic acids is 2. The standard InChI is InChI=1S/C20H21NO7/c1-5-27-19-10-16(21(24)25)15(9-18(19)26-4)20(23)28-11-17(22)14-7-6-12(2)8-13(14)3/h6-10H,5,11H2,1-4H3. The molecule has 0 heterocycles. The summed E-state index contributed by atoms with van der Waals surface area (Å²) in [6.45, 7) is 5.13. The molecule has 2 aromatic rings. The van der Waals surface area contributed by atoms with Crippen molar-refractivity contribution in [1.29, 1.82) is 0 Å². The summed E-state index contributed by atoms with van der Waals surface area (Å²) in [4.78, 5) is 35.4. The lowest BCUT2D eigenvalue weighted by Crippen LogP contribution is -2.16. The summed E-state index contributed by atoms with van der Waals surface area (Å²) in [5, 5.41) is 11.4. The minimum Gasteiger partial charge on any atom is -0.493 e. The van der Waals surface area contributed by atoms with Crippen LogP contribution >= 0.6 is 0 Å². The van der Waals surface area contributed by atoms with Crippen LogP contribution < -0.4 is 9.47 Å². The highest BCUT2D eigenvalue weighted by atomic mass is 16.6. The number of benzene rings is 2. The second-order valence-electron chi connectivity index (χ2n) is 6.03. The van der Waals surface area contributed by atoms with Crippen LogP contribution in [-0.2, 0) is 4.74 Å². The van der Waals surface area contributed by atoms with Crippen LogP contribution in [0.1, 0.15) is 38.8 Å². The van der Waals surface area contributed by atoms with E-state index in [0.717, 1.165) is 17.2 Å². The number of hydrogen-bond donors (Lipinski definition) is 0. The SMILES string of the molecule is CCOc1cc([N+](=O)[O-])c(C(=O)OCC(=O)c2ccc(C)cc2C)cc1OC. The summed E-state index contributed by atoms with van der Waals surface area (Å²) in [5.41, 5.74) is 1.38. The van der Waals surface area contributed by atoms with Gasteiger partial charge in [-0.15, -0.1) is 0 Å². The maximum absolute atomic E-state index is 12.4. The molecule has 0 aliphatic rings. The van der Waals surface area contributed by atoms with Crippen LogP contribution in [0.3, 0.4) is 0 Å². The zero-order chi connectivity index (χ0) is 20.8. The van der Waals surface area contributed by atoms with Crippen molar-refractivity contribution in [2.75, 3.05) is 20.3 Å². The Hall–Kier alpha value is -3.42. The molecule has 0 fully saturated rings. The lowest BCUT2D eigenvalue weighted by molar-refractivity contribution is -0.385. The highest BCUT2D eigenvalue weighted by molar-refractivity contribution is 6.01. The third kappa shape index (κ3) is 4.64. The normalized spacial score (nSPS) is 10.3. The van der Waals surface area contributed by atoms with E-state index >= 15 is 0 Å². The number of esters is 1. The van der Waals surface area contributed by atoms with Gasteiger partial charge in [-0.3, -0.25) is 14.9 Å². The Morgan fingerprint density at radius 1 is 1.07 bits per heavy atom. The molecule has 0 aliphatic heterocycles. The van der Waals surface area contributed by atoms with E-state index in [1.165, 1.54) is 13.2 Å². The van der Waals surface area contributed by atoms with Gasteiger partial charge in [0.2, 0.25) is 5.78 Å². The van der Waals surface area contributed by atoms with Crippen molar-refractivity contribution in [2.45, 2.75) is 20.8 Å². The third-order valence-corrected chi connectivity index (χ3v) is 4.02. The van der Waals surface area contributed by atoms with Crippen LogP contribution in [0.4, 0.5) is 5.69 Å². The van der Waals surface area contributed by atoms with Crippen molar-refractivity contribution in [3.05, 3.63) is 62.7 Å². The van der Waals surface area contributed by atoms with Gasteiger partial charge in [-0.05, 0) is 26.3 Å². The van der Waals surface area contributed by atoms with Crippen LogP contribution in [-0.4, -0.2) is 37.0 Å². The number of Topliss-reactive ketones (excluding diaryl/α,β-unsaturated/α-hetero) is 1. The number of nitro benzene ring substituents is 1. The second-order valence-corrected chi connectivity index (χ2v) is 6.03. The molecule has 148 valence electrons. The number of ketones is 1. The first-order chi connectivity index (χ1) is 13.3. The molecule has 2 aromatic carbocycles. The molecule has 0 amide bonds. The van der Waals surface area contributed by atoms with Gasteiger partial charge in [0.25, 0.3) is 5.69 Å². The fraction of sp³-hybridized carbons (Fsp3) is 0.300. The molecular weight excluding hydrogens is 366 g/mol. The Morgan fingerprint density at radius 2 is 1.79 bits per heavy atom. The monoisotopic (exact) mass is 387 g/mol. The van der Waals surface area contributed by atoms with Gasteiger partial charge < -0.3 is 14.2 Å². The number of rotatable bonds is 8. The van der Waals surface area contributed by atoms with Crippen LogP contribution in [0.2, 0.25) is 0 Å². The topological polar surface area (TPSA) is 105 Å². The molecule has 8 heteroatoms. The zero-order valence-corrected chi connectivity index (χ0v) is 16.1. The van der Waals surface area contributed by atoms with Gasteiger partial charge in [-0.2, -0.15) is 0 Å². The van der Waals surface area contributed by atoms with Crippen molar-refractivity contribution in [3.63, 3.8) is 0 Å². The summed E-state index contributed by atoms with van der Waals surface area (Å²) in [5.74, 6) is -1.10. The lowest BCUT2D eigenvalue weighted by Gasteiger charge is -2.12. The molecule has 0 aliphatic carbocycles. The number of carbonyl (C=O) groups is 2. The quantitative estimate of drug-likeness (QED) is 0.294. The molecule has 28 heavy (non-hydrogen) atoms. The lowest BCUT2D eigenvalue weighted by atomic mass is 10.0. The van der Waals surface area contributed by atoms with E-state index in [-0.39, 0.29) is 23.7 Å². The number of aryl methyl sites for hydroxylation is 2. The van der Waals surface area contributed by atoms with Crippen molar-refractivity contribution in [1.82, 2.24) is 0 Å². The first-order valence-electron chi connectivity index (χ1n) is 8.55. The number of ether oxygens (including phenoxy) is 3. The molecule has 2 rings (SSSR count). The van der Waals surface area contributed by atoms with E-state index in [2.05, 4.69) is 0 Å². The summed E-state index contributed by atoms with van der Waals surface area (Å²) in [6.07, 6.45) is 0. The van der Waals surface area contributed by atoms with Gasteiger partial charge in [-0.25, -0.2) is 4.79 Å². The fourth-order valence-corrected chi connectivity index (χ4v) is 2.70. The fourth-order valence-electron chi connectivity index (χ4n) is 2.70. The Bertz CT molecular complexity index is 921. The van der Waals surface area contributed by atoms with Gasteiger partial charge in [0.05, 0.1) is 24.7 Å². The Kier molecular flexibility index (Phi) is 6.70. The van der Waals surface area contributed by atoms with Crippen LogP contribution in [0.5, 0.6) is 11.5 Å². The van der Waals surface area contributed by atoms with E-state index in [4.69, 9.17) is 14.2 Å². The summed E-state index contributed by atoms with van der Waals surface area (Å²) >= 11 is 0. The molecule has 0 bridgehead atoms. The molecule has 0 radical (unpaired) electrons. The maximum Gasteiger partial charge on any atom is 0.345 e. The van der Waals surface area contributed by atoms with Crippen molar-refractivity contribution in [2.24, 2.45) is 0 Å². The molecule has 0 aromatic heterocycles. The molecule has 0 N–H and O–H groups in total. The average Bonchev–Trinajstić information content (AvgIpc) is 2.65. The molecule has 0 saturated carbocycles. The highest BCUT2D eigenvalue weighted by Crippen LogP contribution is 2.35. The molecular formula is C20H21NO7. The molecule has 0 unspecified atom stereocenters. The van der Waals surface area contributed by atoms with E-state index in [9.17, 15) is 19.7 Å². The van der Waals surface area contributed by atoms with E-state index in [1.54, 1.807) is 26.0 Å². The molecule has 0 saturated heterocycles. The zero-order valence-electron chi connectivity index (χ0n) is 16.1. The summed E-state index contributed by atoms with van der Waals surface area (Å²) < 4.78 is 15.4. The maximum atomic E-state index is 12.4. The third-order valence-electron chi connectivity index (χ3n) is 4.02. The van der Waals surface area contributed by atoms with Gasteiger partial charge in [-0.1, -0.05) is 23.8 Å². The van der Waals surface area contributed by atoms with Crippen LogP contribution in [0.25, 0.3) is 0 Å². The Labute approximate surface area is 162 Å². The largest absolute Gasteiger partial charge is 0.493 e. The van der Waals surface area contributed by atoms with Gasteiger partial charge in [0.1, 0.15) is 5.56 Å². The van der Waals surface area contributed by atoms with Gasteiger partial charge in [0, 0.05) is 11.6 Å². The van der Waals surface area contributed by atoms with Gasteiger partial charge in [0.15, 0.2) is 18.1 Å². The first kappa shape index (κ1) is 20.9. The predicted octanol–water partition coefficient (Wildman–Crippen LogP) is 3.66. The number of methoxy groups -OCH3 is 1. The summed E-state index contributed by atoms with van der Waals surface area (Å²) in [7, 11) is 1.35. The Morgan fingerprint density at radius 3 is 2.36 bits per heavy atom. The van der Waals surface area contributed by atoms with Crippen molar-refractivity contribution in [3.8, 4) is 11.5 Å². The van der Waals surface area contributed by atoms with Crippen LogP contribution in [0.15, 0.2) is 30.3 Å². The number of nitro groups is 1. The van der Waals surface area contributed by atoms with Gasteiger partial charge >= 0.3 is 5.97 Å². The average molecular weight is 387 g/mol. The second kappa shape index (κ2) is 8.98. The molecule has 0 spiro atoms. The predicted molar refractivity (Wildman–Crippen MR) is 101 cm³/mol. The number of nitrogens with zero attached hydrogens (tertiary/aromatic N) is 1. The molecule has 0 atom stereocenters. The van der Waals surface area contributed by atoms with Crippen molar-refractivity contribution < 1.29 is 28.7 Å². The first-order valence-corrected chi connectivity index (χ1v) is 8.55. The van der Waals surface area contributed by atoms with E-state index < -0.39 is 29.0 Å². The highest BCUT2D eigenvalue weighted by Gasteiger charge is 2.26. The van der Waals surface area contributed by atoms with Crippen molar-refractivity contribution >= 4 is 17.4 Å². The molecule has 8 nitrogen and oxygen atoms in total. The van der Waals surface area contributed by atoms with E-state index in [0.29, 0.717) is 5.56 Å². The minimum atomic E-state index is -0.994. The van der Waals surface area contributed by atoms with Crippen LogP contribution in [0, 0.1) is 24.0 Å².